The van der Waals surface area contributed by atoms with Gasteiger partial charge in [-0.05, 0) is 42.3 Å². The Hall–Kier alpha value is -3.62. The Morgan fingerprint density at radius 2 is 2.00 bits per heavy atom. The first-order chi connectivity index (χ1) is 16.4. The third kappa shape index (κ3) is 4.83. The SMILES string of the molecule is CCOc1cccc([C@H]2CC(c3cccc(OC)c3)=N[C@H](c3ccc(Cl)c([N+](=O)[O-])c3)N2)c1O. The number of phenolic OH excluding ortho intramolecular Hbond substituents is 1. The fourth-order valence-corrected chi connectivity index (χ4v) is 4.17. The standard InChI is InChI=1S/C25H24ClN3O5/c1-3-34-23-9-5-8-18(24(23)30)21-14-20(15-6-4-7-17(12-15)33-2)27-25(28-21)16-10-11-19(26)22(13-16)29(31)32/h4-13,21,25,28,30H,3,14H2,1-2H3/t21-,25+/m1/s1. The van der Waals surface area contributed by atoms with Crippen LogP contribution in [0.1, 0.15) is 42.2 Å². The van der Waals surface area contributed by atoms with Gasteiger partial charge in [-0.3, -0.25) is 20.4 Å². The summed E-state index contributed by atoms with van der Waals surface area (Å²) in [6.07, 6.45) is -0.131. The molecule has 3 aromatic rings. The highest BCUT2D eigenvalue weighted by atomic mass is 35.5. The van der Waals surface area contributed by atoms with Gasteiger partial charge in [-0.1, -0.05) is 41.9 Å². The summed E-state index contributed by atoms with van der Waals surface area (Å²) in [4.78, 5) is 15.8. The molecule has 2 atom stereocenters. The van der Waals surface area contributed by atoms with Crippen molar-refractivity contribution in [3.05, 3.63) is 92.5 Å². The van der Waals surface area contributed by atoms with Gasteiger partial charge < -0.3 is 14.6 Å². The second-order valence-corrected chi connectivity index (χ2v) is 8.14. The normalized spacial score (nSPS) is 17.7. The third-order valence-corrected chi connectivity index (χ3v) is 5.95. The zero-order chi connectivity index (χ0) is 24.2. The fourth-order valence-electron chi connectivity index (χ4n) is 3.99. The molecule has 4 rings (SSSR count). The number of nitro groups is 1. The van der Waals surface area contributed by atoms with E-state index in [1.165, 1.54) is 12.1 Å². The average Bonchev–Trinajstić information content (AvgIpc) is 2.85. The van der Waals surface area contributed by atoms with Crippen molar-refractivity contribution in [3.63, 3.8) is 0 Å². The number of para-hydroxylation sites is 1. The van der Waals surface area contributed by atoms with Crippen molar-refractivity contribution in [2.24, 2.45) is 4.99 Å². The van der Waals surface area contributed by atoms with Crippen LogP contribution < -0.4 is 14.8 Å². The zero-order valence-electron chi connectivity index (χ0n) is 18.7. The third-order valence-electron chi connectivity index (χ3n) is 5.63. The molecule has 1 aliphatic heterocycles. The second-order valence-electron chi connectivity index (χ2n) is 7.73. The number of nitrogens with zero attached hydrogens (tertiary/aromatic N) is 2. The highest BCUT2D eigenvalue weighted by molar-refractivity contribution is 6.32. The molecule has 0 aromatic heterocycles. The van der Waals surface area contributed by atoms with Crippen molar-refractivity contribution in [3.8, 4) is 17.2 Å². The van der Waals surface area contributed by atoms with Crippen LogP contribution in [-0.2, 0) is 0 Å². The maximum atomic E-state index is 11.4. The van der Waals surface area contributed by atoms with Crippen LogP contribution in [0, 0.1) is 10.1 Å². The lowest BCUT2D eigenvalue weighted by Gasteiger charge is -2.31. The van der Waals surface area contributed by atoms with E-state index in [1.807, 2.05) is 43.3 Å². The average molecular weight is 482 g/mol. The van der Waals surface area contributed by atoms with Gasteiger partial charge in [0.1, 0.15) is 16.9 Å². The van der Waals surface area contributed by atoms with Gasteiger partial charge in [-0.15, -0.1) is 0 Å². The number of halogens is 1. The molecule has 176 valence electrons. The lowest BCUT2D eigenvalue weighted by Crippen LogP contribution is -2.33. The Bertz CT molecular complexity index is 1250. The number of methoxy groups -OCH3 is 1. The van der Waals surface area contributed by atoms with Crippen molar-refractivity contribution in [2.75, 3.05) is 13.7 Å². The minimum absolute atomic E-state index is 0.0505. The van der Waals surface area contributed by atoms with Gasteiger partial charge in [0, 0.05) is 29.8 Å². The van der Waals surface area contributed by atoms with Gasteiger partial charge in [0.15, 0.2) is 11.5 Å². The molecule has 0 bridgehead atoms. The quantitative estimate of drug-likeness (QED) is 0.337. The van der Waals surface area contributed by atoms with E-state index in [0.717, 1.165) is 11.3 Å². The van der Waals surface area contributed by atoms with Crippen LogP contribution in [0.15, 0.2) is 65.7 Å². The van der Waals surface area contributed by atoms with E-state index >= 15 is 0 Å². The van der Waals surface area contributed by atoms with Crippen molar-refractivity contribution in [1.29, 1.82) is 0 Å². The molecule has 0 unspecified atom stereocenters. The molecule has 0 fully saturated rings. The van der Waals surface area contributed by atoms with Crippen LogP contribution >= 0.6 is 11.6 Å². The summed E-state index contributed by atoms with van der Waals surface area (Å²) in [6.45, 7) is 2.27. The molecule has 8 nitrogen and oxygen atoms in total. The van der Waals surface area contributed by atoms with Gasteiger partial charge in [0.05, 0.1) is 18.6 Å². The molecule has 2 N–H and O–H groups in total. The first kappa shape index (κ1) is 23.5. The van der Waals surface area contributed by atoms with Gasteiger partial charge >= 0.3 is 0 Å². The molecule has 1 heterocycles. The number of aromatic hydroxyl groups is 1. The maximum absolute atomic E-state index is 11.4. The van der Waals surface area contributed by atoms with E-state index in [2.05, 4.69) is 5.32 Å². The molecule has 34 heavy (non-hydrogen) atoms. The number of phenols is 1. The lowest BCUT2D eigenvalue weighted by atomic mass is 9.93. The molecule has 0 aliphatic carbocycles. The lowest BCUT2D eigenvalue weighted by molar-refractivity contribution is -0.384. The molecule has 1 aliphatic rings. The van der Waals surface area contributed by atoms with Gasteiger partial charge in [-0.2, -0.15) is 0 Å². The predicted octanol–water partition coefficient (Wildman–Crippen LogP) is 5.58. The van der Waals surface area contributed by atoms with Gasteiger partial charge in [-0.25, -0.2) is 0 Å². The van der Waals surface area contributed by atoms with Crippen LogP contribution in [0.2, 0.25) is 5.02 Å². The number of aliphatic imine (C=N–C) groups is 1. The highest BCUT2D eigenvalue weighted by Gasteiger charge is 2.30. The Morgan fingerprint density at radius 1 is 1.21 bits per heavy atom. The molecule has 0 saturated carbocycles. The summed E-state index contributed by atoms with van der Waals surface area (Å²) < 4.78 is 10.9. The van der Waals surface area contributed by atoms with Crippen molar-refractivity contribution in [1.82, 2.24) is 5.32 Å². The Labute approximate surface area is 202 Å². The summed E-state index contributed by atoms with van der Waals surface area (Å²) in [5, 5.41) is 25.8. The van der Waals surface area contributed by atoms with Crippen molar-refractivity contribution < 1.29 is 19.5 Å². The summed E-state index contributed by atoms with van der Waals surface area (Å²) in [7, 11) is 1.60. The van der Waals surface area contributed by atoms with Gasteiger partial charge in [0.25, 0.3) is 5.69 Å². The summed E-state index contributed by atoms with van der Waals surface area (Å²) in [5.74, 6) is 1.13. The summed E-state index contributed by atoms with van der Waals surface area (Å²) >= 11 is 6.02. The largest absolute Gasteiger partial charge is 0.504 e. The number of hydrogen-bond donors (Lipinski definition) is 2. The monoisotopic (exact) mass is 481 g/mol. The molecule has 0 saturated heterocycles. The molecule has 3 aromatic carbocycles. The number of hydrogen-bond acceptors (Lipinski definition) is 7. The molecular weight excluding hydrogens is 458 g/mol. The van der Waals surface area contributed by atoms with Crippen LogP contribution in [0.5, 0.6) is 17.2 Å². The molecular formula is C25H24ClN3O5. The number of rotatable bonds is 7. The van der Waals surface area contributed by atoms with Crippen molar-refractivity contribution >= 4 is 23.0 Å². The molecule has 9 heteroatoms. The second kappa shape index (κ2) is 10.1. The highest BCUT2D eigenvalue weighted by Crippen LogP contribution is 2.39. The molecule has 0 amide bonds. The van der Waals surface area contributed by atoms with E-state index in [1.54, 1.807) is 19.2 Å². The van der Waals surface area contributed by atoms with E-state index in [0.29, 0.717) is 35.7 Å². The first-order valence-electron chi connectivity index (χ1n) is 10.8. The van der Waals surface area contributed by atoms with Crippen LogP contribution in [0.3, 0.4) is 0 Å². The fraction of sp³-hybridized carbons (Fsp3) is 0.240. The number of ether oxygens (including phenoxy) is 2. The Kier molecular flexibility index (Phi) is 7.00. The molecule has 0 radical (unpaired) electrons. The number of nitrogens with one attached hydrogen (secondary N) is 1. The topological polar surface area (TPSA) is 106 Å². The van der Waals surface area contributed by atoms with E-state index < -0.39 is 11.1 Å². The number of nitro benzene ring substituents is 1. The number of benzene rings is 3. The molecule has 0 spiro atoms. The van der Waals surface area contributed by atoms with E-state index in [9.17, 15) is 15.2 Å². The minimum atomic E-state index is -0.605. The van der Waals surface area contributed by atoms with Crippen LogP contribution in [0.4, 0.5) is 5.69 Å². The first-order valence-corrected chi connectivity index (χ1v) is 11.1. The minimum Gasteiger partial charge on any atom is -0.504 e. The Balaban J connectivity index is 1.80. The van der Waals surface area contributed by atoms with Gasteiger partial charge in [0.2, 0.25) is 0 Å². The van der Waals surface area contributed by atoms with Crippen LogP contribution in [0.25, 0.3) is 0 Å². The predicted molar refractivity (Wildman–Crippen MR) is 130 cm³/mol. The van der Waals surface area contributed by atoms with Crippen LogP contribution in [-0.4, -0.2) is 29.5 Å². The smallest absolute Gasteiger partial charge is 0.288 e. The summed E-state index contributed by atoms with van der Waals surface area (Å²) in [6, 6.07) is 17.2. The van der Waals surface area contributed by atoms with Crippen molar-refractivity contribution in [2.45, 2.75) is 25.6 Å². The van der Waals surface area contributed by atoms with E-state index in [-0.39, 0.29) is 22.5 Å². The zero-order valence-corrected chi connectivity index (χ0v) is 19.5. The Morgan fingerprint density at radius 3 is 2.74 bits per heavy atom. The van der Waals surface area contributed by atoms with E-state index in [4.69, 9.17) is 26.1 Å². The maximum Gasteiger partial charge on any atom is 0.288 e. The summed E-state index contributed by atoms with van der Waals surface area (Å²) in [5.41, 5.74) is 2.67.